The van der Waals surface area contributed by atoms with Crippen LogP contribution >= 0.6 is 0 Å². The number of hydrogen-bond acceptors (Lipinski definition) is 5. The van der Waals surface area contributed by atoms with Gasteiger partial charge in [0, 0.05) is 26.3 Å². The predicted molar refractivity (Wildman–Crippen MR) is 139 cm³/mol. The van der Waals surface area contributed by atoms with E-state index in [0.717, 1.165) is 55.4 Å². The summed E-state index contributed by atoms with van der Waals surface area (Å²) in [6.45, 7) is 7.82. The highest BCUT2D eigenvalue weighted by Crippen LogP contribution is 2.29. The van der Waals surface area contributed by atoms with Crippen LogP contribution in [0.2, 0.25) is 0 Å². The molecule has 3 N–H and O–H groups in total. The van der Waals surface area contributed by atoms with Crippen LogP contribution in [0.15, 0.2) is 48.5 Å². The number of ether oxygens (including phenoxy) is 2. The molecule has 10 heteroatoms. The highest BCUT2D eigenvalue weighted by molar-refractivity contribution is 5.88. The Kier molecular flexibility index (Phi) is 10.4. The van der Waals surface area contributed by atoms with Gasteiger partial charge in [0.15, 0.2) is 0 Å². The number of aromatic nitrogens is 2. The molecule has 1 aliphatic rings. The number of para-hydroxylation sites is 1. The summed E-state index contributed by atoms with van der Waals surface area (Å²) in [5.74, 6) is 0.275. The quantitative estimate of drug-likeness (QED) is 0.424. The van der Waals surface area contributed by atoms with E-state index in [4.69, 9.17) is 15.2 Å². The van der Waals surface area contributed by atoms with E-state index in [1.165, 1.54) is 12.1 Å². The average molecular weight is 516 g/mol. The maximum atomic E-state index is 13.1. The fraction of sp³-hybridized carbons (Fsp3) is 0.407. The number of urea groups is 1. The number of rotatable bonds is 9. The lowest BCUT2D eigenvalue weighted by Gasteiger charge is -2.15. The van der Waals surface area contributed by atoms with E-state index >= 15 is 0 Å². The second kappa shape index (κ2) is 13.7. The van der Waals surface area contributed by atoms with E-state index in [1.807, 2.05) is 44.2 Å². The Hall–Kier alpha value is -3.50. The van der Waals surface area contributed by atoms with Gasteiger partial charge in [0.05, 0.1) is 24.5 Å². The number of nitrogens with zero attached hydrogens (tertiary/aromatic N) is 3. The van der Waals surface area contributed by atoms with E-state index < -0.39 is 17.7 Å². The Balaban J connectivity index is 0.000000208. The molecule has 8 nitrogen and oxygen atoms in total. The summed E-state index contributed by atoms with van der Waals surface area (Å²) < 4.78 is 38.4. The minimum absolute atomic E-state index is 0.233. The number of primary amides is 1. The number of benzene rings is 2. The van der Waals surface area contributed by atoms with Crippen molar-refractivity contribution in [1.82, 2.24) is 14.7 Å². The molecule has 1 aliphatic heterocycles. The number of carbonyl (C=O) groups is 1. The maximum absolute atomic E-state index is 13.1. The molecule has 37 heavy (non-hydrogen) atoms. The lowest BCUT2D eigenvalue weighted by molar-refractivity contribution is 0.160. The third-order valence-electron chi connectivity index (χ3n) is 6.00. The molecule has 3 aromatic rings. The number of halogens is 2. The minimum Gasteiger partial charge on any atom is -0.476 e. The number of hydrogen-bond donors (Lipinski definition) is 2. The summed E-state index contributed by atoms with van der Waals surface area (Å²) in [4.78, 5) is 13.4. The van der Waals surface area contributed by atoms with Gasteiger partial charge in [-0.3, -0.25) is 5.32 Å². The zero-order valence-corrected chi connectivity index (χ0v) is 21.5. The number of anilines is 1. The van der Waals surface area contributed by atoms with Gasteiger partial charge in [0.1, 0.15) is 17.5 Å². The van der Waals surface area contributed by atoms with Crippen LogP contribution in [-0.2, 0) is 4.74 Å². The molecule has 200 valence electrons. The van der Waals surface area contributed by atoms with E-state index in [1.54, 1.807) is 11.8 Å². The van der Waals surface area contributed by atoms with E-state index in [9.17, 15) is 13.6 Å². The standard InChI is InChI=1S/C14H18N4O2.C13H17F2NO/c1-3-9-20-13-10(2)12(16-14(15)19)18(17-13)11-7-5-4-6-8-11;1-17-5-4-16-3-2-10(9-16)11-6-12(14)8-13(15)7-11/h4-8H,3,9H2,1-2H3,(H3,15,16,19);6-8,10H,2-5,9H2,1H3. The van der Waals surface area contributed by atoms with Crippen molar-refractivity contribution >= 4 is 11.8 Å². The van der Waals surface area contributed by atoms with Crippen molar-refractivity contribution in [2.45, 2.75) is 32.6 Å². The molecule has 1 saturated heterocycles. The molecule has 2 heterocycles. The SMILES string of the molecule is CCCOc1nn(-c2ccccc2)c(NC(N)=O)c1C.COCCN1CCC(c2cc(F)cc(F)c2)C1. The molecule has 0 bridgehead atoms. The zero-order chi connectivity index (χ0) is 26.8. The summed E-state index contributed by atoms with van der Waals surface area (Å²) in [5.41, 5.74) is 7.56. The number of nitrogens with one attached hydrogen (secondary N) is 1. The first-order chi connectivity index (χ1) is 17.8. The van der Waals surface area contributed by atoms with Crippen molar-refractivity contribution in [3.05, 3.63) is 71.3 Å². The predicted octanol–water partition coefficient (Wildman–Crippen LogP) is 4.86. The fourth-order valence-electron chi connectivity index (χ4n) is 4.17. The second-order valence-electron chi connectivity index (χ2n) is 8.85. The van der Waals surface area contributed by atoms with Gasteiger partial charge >= 0.3 is 6.03 Å². The lowest BCUT2D eigenvalue weighted by Crippen LogP contribution is -2.24. The van der Waals surface area contributed by atoms with E-state index in [2.05, 4.69) is 15.3 Å². The highest BCUT2D eigenvalue weighted by Gasteiger charge is 2.24. The van der Waals surface area contributed by atoms with Crippen LogP contribution in [0, 0.1) is 18.6 Å². The van der Waals surface area contributed by atoms with Gasteiger partial charge in [-0.2, -0.15) is 0 Å². The first-order valence-corrected chi connectivity index (χ1v) is 12.3. The fourth-order valence-corrected chi connectivity index (χ4v) is 4.17. The lowest BCUT2D eigenvalue weighted by atomic mass is 9.98. The third kappa shape index (κ3) is 7.99. The molecule has 1 fully saturated rings. The van der Waals surface area contributed by atoms with Gasteiger partial charge in [-0.1, -0.05) is 25.1 Å². The van der Waals surface area contributed by atoms with Crippen LogP contribution in [0.4, 0.5) is 19.4 Å². The van der Waals surface area contributed by atoms with Crippen LogP contribution in [0.5, 0.6) is 5.88 Å². The number of nitrogens with two attached hydrogens (primary N) is 1. The largest absolute Gasteiger partial charge is 0.476 e. The molecule has 1 aromatic heterocycles. The van der Waals surface area contributed by atoms with Gasteiger partial charge in [0.2, 0.25) is 5.88 Å². The van der Waals surface area contributed by atoms with Crippen LogP contribution in [-0.4, -0.2) is 60.7 Å². The Bertz CT molecular complexity index is 1140. The number of methoxy groups -OCH3 is 1. The first-order valence-electron chi connectivity index (χ1n) is 12.3. The van der Waals surface area contributed by atoms with Crippen molar-refractivity contribution in [1.29, 1.82) is 0 Å². The summed E-state index contributed by atoms with van der Waals surface area (Å²) in [6.07, 6.45) is 1.84. The molecule has 1 unspecified atom stereocenters. The normalized spacial score (nSPS) is 15.2. The summed E-state index contributed by atoms with van der Waals surface area (Å²) >= 11 is 0. The van der Waals surface area contributed by atoms with Crippen LogP contribution in [0.3, 0.4) is 0 Å². The van der Waals surface area contributed by atoms with Gasteiger partial charge in [-0.05, 0) is 62.1 Å². The first kappa shape index (κ1) is 28.1. The summed E-state index contributed by atoms with van der Waals surface area (Å²) in [7, 11) is 1.68. The highest BCUT2D eigenvalue weighted by atomic mass is 19.1. The van der Waals surface area contributed by atoms with Gasteiger partial charge in [-0.25, -0.2) is 18.3 Å². The Morgan fingerprint density at radius 2 is 1.86 bits per heavy atom. The van der Waals surface area contributed by atoms with Crippen molar-refractivity contribution in [2.75, 3.05) is 45.3 Å². The van der Waals surface area contributed by atoms with E-state index in [0.29, 0.717) is 24.9 Å². The Morgan fingerprint density at radius 1 is 1.16 bits per heavy atom. The van der Waals surface area contributed by atoms with Crippen molar-refractivity contribution in [2.24, 2.45) is 5.73 Å². The minimum atomic E-state index is -0.632. The van der Waals surface area contributed by atoms with Crippen molar-refractivity contribution in [3.63, 3.8) is 0 Å². The molecule has 2 aromatic carbocycles. The van der Waals surface area contributed by atoms with Crippen LogP contribution in [0.1, 0.15) is 36.8 Å². The molecule has 0 spiro atoms. The molecule has 4 rings (SSSR count). The molecule has 2 amide bonds. The molecular weight excluding hydrogens is 480 g/mol. The number of amides is 2. The summed E-state index contributed by atoms with van der Waals surface area (Å²) in [5, 5.41) is 6.99. The second-order valence-corrected chi connectivity index (χ2v) is 8.85. The molecule has 1 atom stereocenters. The number of carbonyl (C=O) groups excluding carboxylic acids is 1. The van der Waals surface area contributed by atoms with Gasteiger partial charge < -0.3 is 20.1 Å². The number of likely N-dealkylation sites (tertiary alicyclic amines) is 1. The molecule has 0 aliphatic carbocycles. The Morgan fingerprint density at radius 3 is 2.49 bits per heavy atom. The smallest absolute Gasteiger partial charge is 0.317 e. The van der Waals surface area contributed by atoms with Gasteiger partial charge in [-0.15, -0.1) is 5.10 Å². The zero-order valence-electron chi connectivity index (χ0n) is 21.5. The monoisotopic (exact) mass is 515 g/mol. The Labute approximate surface area is 216 Å². The van der Waals surface area contributed by atoms with Crippen LogP contribution in [0.25, 0.3) is 5.69 Å². The maximum Gasteiger partial charge on any atom is 0.317 e. The topological polar surface area (TPSA) is 94.6 Å². The third-order valence-corrected chi connectivity index (χ3v) is 6.00. The van der Waals surface area contributed by atoms with Crippen LogP contribution < -0.4 is 15.8 Å². The average Bonchev–Trinajstić information content (AvgIpc) is 3.47. The summed E-state index contributed by atoms with van der Waals surface area (Å²) in [6, 6.07) is 12.6. The van der Waals surface area contributed by atoms with Gasteiger partial charge in [0.25, 0.3) is 0 Å². The molecule has 0 radical (unpaired) electrons. The molecular formula is C27H35F2N5O3. The van der Waals surface area contributed by atoms with Crippen molar-refractivity contribution in [3.8, 4) is 11.6 Å². The van der Waals surface area contributed by atoms with E-state index in [-0.39, 0.29) is 5.92 Å². The van der Waals surface area contributed by atoms with Crippen molar-refractivity contribution < 1.29 is 23.0 Å². The molecule has 0 saturated carbocycles.